The maximum absolute atomic E-state index is 13.1. The SMILES string of the molecule is COc1ccc(OC)c([C@@H]2CCN(C(=O)c3ccc4oc(C(C)C)nc4c3)C2)c1. The lowest BCUT2D eigenvalue weighted by atomic mass is 9.97. The van der Waals surface area contributed by atoms with Gasteiger partial charge in [-0.3, -0.25) is 4.79 Å². The van der Waals surface area contributed by atoms with Crippen LogP contribution in [0.3, 0.4) is 0 Å². The van der Waals surface area contributed by atoms with E-state index in [4.69, 9.17) is 13.9 Å². The van der Waals surface area contributed by atoms with Gasteiger partial charge in [0.2, 0.25) is 0 Å². The maximum Gasteiger partial charge on any atom is 0.253 e. The third-order valence-corrected chi connectivity index (χ3v) is 5.50. The Morgan fingerprint density at radius 1 is 1.17 bits per heavy atom. The number of methoxy groups -OCH3 is 2. The minimum absolute atomic E-state index is 0.0189. The van der Waals surface area contributed by atoms with Crippen LogP contribution >= 0.6 is 0 Å². The lowest BCUT2D eigenvalue weighted by Crippen LogP contribution is -2.28. The molecule has 152 valence electrons. The molecule has 1 fully saturated rings. The van der Waals surface area contributed by atoms with Gasteiger partial charge in [0.25, 0.3) is 5.91 Å². The van der Waals surface area contributed by atoms with Crippen LogP contribution in [-0.2, 0) is 0 Å². The monoisotopic (exact) mass is 394 g/mol. The number of fused-ring (bicyclic) bond motifs is 1. The molecule has 6 nitrogen and oxygen atoms in total. The van der Waals surface area contributed by atoms with E-state index in [-0.39, 0.29) is 17.7 Å². The van der Waals surface area contributed by atoms with Gasteiger partial charge in [0.15, 0.2) is 11.5 Å². The summed E-state index contributed by atoms with van der Waals surface area (Å²) < 4.78 is 16.6. The Labute approximate surface area is 170 Å². The van der Waals surface area contributed by atoms with Crippen molar-refractivity contribution in [2.45, 2.75) is 32.1 Å². The van der Waals surface area contributed by atoms with Crippen LogP contribution in [0.4, 0.5) is 0 Å². The Morgan fingerprint density at radius 3 is 2.72 bits per heavy atom. The summed E-state index contributed by atoms with van der Waals surface area (Å²) in [7, 11) is 3.32. The number of oxazole rings is 1. The smallest absolute Gasteiger partial charge is 0.253 e. The highest BCUT2D eigenvalue weighted by Crippen LogP contribution is 2.36. The molecule has 0 unspecified atom stereocenters. The molecule has 1 atom stereocenters. The van der Waals surface area contributed by atoms with Gasteiger partial charge in [-0.05, 0) is 42.8 Å². The number of aromatic nitrogens is 1. The van der Waals surface area contributed by atoms with E-state index in [1.54, 1.807) is 14.2 Å². The van der Waals surface area contributed by atoms with E-state index in [1.807, 2.05) is 55.1 Å². The maximum atomic E-state index is 13.1. The molecule has 0 radical (unpaired) electrons. The summed E-state index contributed by atoms with van der Waals surface area (Å²) in [6.45, 7) is 5.43. The van der Waals surface area contributed by atoms with Crippen molar-refractivity contribution in [1.29, 1.82) is 0 Å². The summed E-state index contributed by atoms with van der Waals surface area (Å²) >= 11 is 0. The van der Waals surface area contributed by atoms with E-state index in [2.05, 4.69) is 4.98 Å². The van der Waals surface area contributed by atoms with Crippen molar-refractivity contribution in [3.8, 4) is 11.5 Å². The van der Waals surface area contributed by atoms with Gasteiger partial charge in [0.05, 0.1) is 14.2 Å². The molecule has 1 aromatic heterocycles. The van der Waals surface area contributed by atoms with Crippen molar-refractivity contribution < 1.29 is 18.7 Å². The number of amides is 1. The Hall–Kier alpha value is -3.02. The van der Waals surface area contributed by atoms with Gasteiger partial charge in [-0.1, -0.05) is 13.8 Å². The quantitative estimate of drug-likeness (QED) is 0.633. The summed E-state index contributed by atoms with van der Waals surface area (Å²) in [6, 6.07) is 11.3. The van der Waals surface area contributed by atoms with E-state index in [9.17, 15) is 4.79 Å². The molecule has 1 saturated heterocycles. The Kier molecular flexibility index (Phi) is 5.18. The minimum atomic E-state index is 0.0189. The lowest BCUT2D eigenvalue weighted by molar-refractivity contribution is 0.0791. The minimum Gasteiger partial charge on any atom is -0.497 e. The number of hydrogen-bond acceptors (Lipinski definition) is 5. The molecule has 1 aliphatic rings. The van der Waals surface area contributed by atoms with Crippen LogP contribution in [0.2, 0.25) is 0 Å². The van der Waals surface area contributed by atoms with Crippen LogP contribution in [0.1, 0.15) is 53.9 Å². The second-order valence-corrected chi connectivity index (χ2v) is 7.73. The van der Waals surface area contributed by atoms with Gasteiger partial charge < -0.3 is 18.8 Å². The second-order valence-electron chi connectivity index (χ2n) is 7.73. The van der Waals surface area contributed by atoms with E-state index < -0.39 is 0 Å². The Morgan fingerprint density at radius 2 is 2.00 bits per heavy atom. The van der Waals surface area contributed by atoms with Gasteiger partial charge in [-0.2, -0.15) is 0 Å². The normalized spacial score (nSPS) is 16.6. The van der Waals surface area contributed by atoms with Gasteiger partial charge in [0, 0.05) is 36.1 Å². The molecule has 0 saturated carbocycles. The van der Waals surface area contributed by atoms with Crippen molar-refractivity contribution >= 4 is 17.0 Å². The third-order valence-electron chi connectivity index (χ3n) is 5.50. The zero-order valence-electron chi connectivity index (χ0n) is 17.3. The van der Waals surface area contributed by atoms with Crippen molar-refractivity contribution in [3.05, 3.63) is 53.4 Å². The van der Waals surface area contributed by atoms with Gasteiger partial charge in [-0.15, -0.1) is 0 Å². The first-order chi connectivity index (χ1) is 14.0. The van der Waals surface area contributed by atoms with E-state index in [0.29, 0.717) is 30.1 Å². The molecule has 6 heteroatoms. The van der Waals surface area contributed by atoms with Crippen molar-refractivity contribution in [3.63, 3.8) is 0 Å². The predicted octanol–water partition coefficient (Wildman–Crippen LogP) is 4.60. The summed E-state index contributed by atoms with van der Waals surface area (Å²) in [5.41, 5.74) is 3.16. The van der Waals surface area contributed by atoms with Crippen LogP contribution in [0, 0.1) is 0 Å². The highest BCUT2D eigenvalue weighted by Gasteiger charge is 2.30. The van der Waals surface area contributed by atoms with Crippen LogP contribution in [-0.4, -0.2) is 43.1 Å². The molecule has 1 aliphatic heterocycles. The number of nitrogens with zero attached hydrogens (tertiary/aromatic N) is 2. The van der Waals surface area contributed by atoms with Gasteiger partial charge in [-0.25, -0.2) is 4.98 Å². The first kappa shape index (κ1) is 19.3. The summed E-state index contributed by atoms with van der Waals surface area (Å²) in [5.74, 6) is 2.76. The van der Waals surface area contributed by atoms with Gasteiger partial charge in [0.1, 0.15) is 17.0 Å². The second kappa shape index (κ2) is 7.78. The standard InChI is InChI=1S/C23H26N2O4/c1-14(2)22-24-19-11-15(5-7-21(19)29-22)23(26)25-10-9-16(13-25)18-12-17(27-3)6-8-20(18)28-4/h5-8,11-12,14,16H,9-10,13H2,1-4H3/t16-/m1/s1. The van der Waals surface area contributed by atoms with E-state index in [1.165, 1.54) is 0 Å². The largest absolute Gasteiger partial charge is 0.497 e. The molecule has 0 spiro atoms. The van der Waals surface area contributed by atoms with Crippen molar-refractivity contribution in [2.24, 2.45) is 0 Å². The molecule has 2 heterocycles. The predicted molar refractivity (Wildman–Crippen MR) is 111 cm³/mol. The average molecular weight is 394 g/mol. The average Bonchev–Trinajstić information content (AvgIpc) is 3.39. The Bertz CT molecular complexity index is 1040. The Balaban J connectivity index is 1.55. The highest BCUT2D eigenvalue weighted by molar-refractivity contribution is 5.97. The van der Waals surface area contributed by atoms with Crippen LogP contribution in [0.15, 0.2) is 40.8 Å². The fourth-order valence-electron chi connectivity index (χ4n) is 3.86. The van der Waals surface area contributed by atoms with E-state index >= 15 is 0 Å². The summed E-state index contributed by atoms with van der Waals surface area (Å²) in [5, 5.41) is 0. The van der Waals surface area contributed by atoms with Crippen molar-refractivity contribution in [1.82, 2.24) is 9.88 Å². The number of carbonyl (C=O) groups excluding carboxylic acids is 1. The number of ether oxygens (including phenoxy) is 2. The first-order valence-electron chi connectivity index (χ1n) is 9.92. The van der Waals surface area contributed by atoms with Crippen LogP contribution in [0.5, 0.6) is 11.5 Å². The number of carbonyl (C=O) groups is 1. The lowest BCUT2D eigenvalue weighted by Gasteiger charge is -2.18. The zero-order valence-corrected chi connectivity index (χ0v) is 17.3. The molecule has 0 aliphatic carbocycles. The molecule has 1 amide bonds. The van der Waals surface area contributed by atoms with Crippen LogP contribution < -0.4 is 9.47 Å². The summed E-state index contributed by atoms with van der Waals surface area (Å²) in [6.07, 6.45) is 0.888. The summed E-state index contributed by atoms with van der Waals surface area (Å²) in [4.78, 5) is 19.5. The molecular weight excluding hydrogens is 368 g/mol. The fraction of sp³-hybridized carbons (Fsp3) is 0.391. The molecular formula is C23H26N2O4. The zero-order chi connectivity index (χ0) is 20.5. The number of rotatable bonds is 5. The molecule has 29 heavy (non-hydrogen) atoms. The number of hydrogen-bond donors (Lipinski definition) is 0. The topological polar surface area (TPSA) is 64.8 Å². The van der Waals surface area contributed by atoms with Crippen LogP contribution in [0.25, 0.3) is 11.1 Å². The van der Waals surface area contributed by atoms with Gasteiger partial charge >= 0.3 is 0 Å². The highest BCUT2D eigenvalue weighted by atomic mass is 16.5. The molecule has 3 aromatic rings. The fourth-order valence-corrected chi connectivity index (χ4v) is 3.86. The number of likely N-dealkylation sites (tertiary alicyclic amines) is 1. The number of benzene rings is 2. The van der Waals surface area contributed by atoms with Crippen molar-refractivity contribution in [2.75, 3.05) is 27.3 Å². The molecule has 4 rings (SSSR count). The molecule has 0 bridgehead atoms. The van der Waals surface area contributed by atoms with E-state index in [0.717, 1.165) is 29.0 Å². The molecule has 2 aromatic carbocycles. The molecule has 0 N–H and O–H groups in total. The first-order valence-corrected chi connectivity index (χ1v) is 9.92. The third kappa shape index (κ3) is 3.67.